The molecular formula is C18H21ClLiO2P. The van der Waals surface area contributed by atoms with Gasteiger partial charge in [0.2, 0.25) is 0 Å². The van der Waals surface area contributed by atoms with E-state index in [1.165, 1.54) is 0 Å². The molecule has 0 aliphatic rings. The van der Waals surface area contributed by atoms with E-state index in [4.69, 9.17) is 16.3 Å². The Morgan fingerprint density at radius 1 is 1.17 bits per heavy atom. The first-order valence-corrected chi connectivity index (χ1v) is 8.64. The van der Waals surface area contributed by atoms with Crippen molar-refractivity contribution in [2.24, 2.45) is 5.92 Å². The molecule has 2 rings (SSSR count). The summed E-state index contributed by atoms with van der Waals surface area (Å²) in [6.45, 7) is 6.83. The van der Waals surface area contributed by atoms with Crippen LogP contribution in [0.3, 0.4) is 0 Å². The number of carbonyl (C=O) groups excluding carboxylic acids is 1. The molecule has 0 N–H and O–H groups in total. The monoisotopic (exact) mass is 342 g/mol. The van der Waals surface area contributed by atoms with Gasteiger partial charge >= 0.3 is 18.9 Å². The number of hydrogen-bond donors (Lipinski definition) is 0. The number of carbonyl (C=O) groups is 1. The average Bonchev–Trinajstić information content (AvgIpc) is 2.46. The van der Waals surface area contributed by atoms with Crippen LogP contribution in [0.4, 0.5) is 0 Å². The van der Waals surface area contributed by atoms with Crippen molar-refractivity contribution in [3.63, 3.8) is 0 Å². The van der Waals surface area contributed by atoms with Crippen LogP contribution < -0.4 is 10.0 Å². The molecule has 23 heavy (non-hydrogen) atoms. The standard InChI is InChI=1S/C18H20ClO2P.Li.H/c1-12(2)11-21-14-7-9-15(10-8-14)22-18(20)17-13(3)5-4-6-16(17)19;;/h4-10,12,22H,11H2,1-3H3;;. The van der Waals surface area contributed by atoms with E-state index in [0.717, 1.165) is 16.6 Å². The van der Waals surface area contributed by atoms with Crippen LogP contribution in [0.5, 0.6) is 5.75 Å². The number of aryl methyl sites for hydroxylation is 1. The van der Waals surface area contributed by atoms with Gasteiger partial charge in [0.25, 0.3) is 0 Å². The van der Waals surface area contributed by atoms with Crippen LogP contribution in [0.2, 0.25) is 5.02 Å². The van der Waals surface area contributed by atoms with Gasteiger partial charge in [-0.3, -0.25) is 4.79 Å². The first kappa shape index (κ1) is 20.3. The maximum atomic E-state index is 12.5. The fourth-order valence-corrected chi connectivity index (χ4v) is 3.45. The number of halogens is 1. The van der Waals surface area contributed by atoms with E-state index < -0.39 is 0 Å². The molecule has 0 aliphatic carbocycles. The minimum absolute atomic E-state index is 0. The van der Waals surface area contributed by atoms with Crippen molar-refractivity contribution in [3.05, 3.63) is 58.6 Å². The third-order valence-electron chi connectivity index (χ3n) is 3.14. The number of hydrogen-bond acceptors (Lipinski definition) is 2. The van der Waals surface area contributed by atoms with Crippen molar-refractivity contribution in [3.8, 4) is 5.75 Å². The number of benzene rings is 2. The Balaban J connectivity index is 0.00000264. The Morgan fingerprint density at radius 2 is 1.83 bits per heavy atom. The van der Waals surface area contributed by atoms with Gasteiger partial charge in [-0.05, 0) is 50.5 Å². The van der Waals surface area contributed by atoms with Gasteiger partial charge in [-0.2, -0.15) is 0 Å². The molecule has 1 unspecified atom stereocenters. The second kappa shape index (κ2) is 9.51. The van der Waals surface area contributed by atoms with Crippen molar-refractivity contribution in [1.29, 1.82) is 0 Å². The summed E-state index contributed by atoms with van der Waals surface area (Å²) in [4.78, 5) is 12.5. The van der Waals surface area contributed by atoms with E-state index in [2.05, 4.69) is 13.8 Å². The Morgan fingerprint density at radius 3 is 2.39 bits per heavy atom. The fourth-order valence-electron chi connectivity index (χ4n) is 2.01. The van der Waals surface area contributed by atoms with Crippen molar-refractivity contribution in [2.45, 2.75) is 20.8 Å². The normalized spacial score (nSPS) is 10.8. The summed E-state index contributed by atoms with van der Waals surface area (Å²) in [6.07, 6.45) is 0. The Hall–Kier alpha value is -0.773. The van der Waals surface area contributed by atoms with Crippen LogP contribution >= 0.6 is 20.2 Å². The van der Waals surface area contributed by atoms with E-state index in [0.29, 0.717) is 23.1 Å². The Labute approximate surface area is 156 Å². The minimum atomic E-state index is 0. The summed E-state index contributed by atoms with van der Waals surface area (Å²) in [5.74, 6) is 1.33. The van der Waals surface area contributed by atoms with Crippen molar-refractivity contribution in [2.75, 3.05) is 6.61 Å². The zero-order chi connectivity index (χ0) is 16.1. The summed E-state index contributed by atoms with van der Waals surface area (Å²) in [5, 5.41) is 1.51. The topological polar surface area (TPSA) is 26.3 Å². The molecule has 5 heteroatoms. The van der Waals surface area contributed by atoms with Gasteiger partial charge in [-0.25, -0.2) is 0 Å². The molecule has 2 aromatic carbocycles. The second-order valence-electron chi connectivity index (χ2n) is 5.62. The predicted molar refractivity (Wildman–Crippen MR) is 102 cm³/mol. The van der Waals surface area contributed by atoms with Crippen LogP contribution in [0.1, 0.15) is 29.8 Å². The van der Waals surface area contributed by atoms with Gasteiger partial charge in [0, 0.05) is 5.56 Å². The molecule has 0 saturated heterocycles. The molecule has 0 saturated carbocycles. The molecule has 0 aromatic heterocycles. The third kappa shape index (κ3) is 5.98. The molecule has 0 spiro atoms. The summed E-state index contributed by atoms with van der Waals surface area (Å²) in [5.41, 5.74) is 1.61. The zero-order valence-electron chi connectivity index (χ0n) is 13.0. The van der Waals surface area contributed by atoms with Crippen LogP contribution in [0, 0.1) is 12.8 Å². The predicted octanol–water partition coefficient (Wildman–Crippen LogP) is 4.18. The van der Waals surface area contributed by atoms with E-state index in [1.54, 1.807) is 6.07 Å². The number of rotatable bonds is 6. The van der Waals surface area contributed by atoms with Crippen LogP contribution in [-0.4, -0.2) is 31.0 Å². The SMILES string of the molecule is Cc1cccc(Cl)c1C(=O)Pc1ccc(OCC(C)C)cc1.[LiH]. The van der Waals surface area contributed by atoms with Crippen molar-refractivity contribution in [1.82, 2.24) is 0 Å². The summed E-state index contributed by atoms with van der Waals surface area (Å²) < 4.78 is 5.65. The molecule has 0 aliphatic heterocycles. The Bertz CT molecular complexity index is 636. The molecular weight excluding hydrogens is 322 g/mol. The van der Waals surface area contributed by atoms with Crippen LogP contribution in [0.25, 0.3) is 0 Å². The van der Waals surface area contributed by atoms with Gasteiger partial charge in [0.1, 0.15) is 5.75 Å². The van der Waals surface area contributed by atoms with Gasteiger partial charge in [0.15, 0.2) is 5.52 Å². The fraction of sp³-hybridized carbons (Fsp3) is 0.278. The molecule has 0 fully saturated rings. The molecule has 0 bridgehead atoms. The van der Waals surface area contributed by atoms with Crippen LogP contribution in [0.15, 0.2) is 42.5 Å². The Kier molecular flexibility index (Phi) is 8.38. The summed E-state index contributed by atoms with van der Waals surface area (Å²) in [6, 6.07) is 13.2. The molecule has 1 atom stereocenters. The van der Waals surface area contributed by atoms with E-state index >= 15 is 0 Å². The molecule has 0 radical (unpaired) electrons. The molecule has 0 heterocycles. The zero-order valence-corrected chi connectivity index (χ0v) is 14.8. The first-order chi connectivity index (χ1) is 10.5. The van der Waals surface area contributed by atoms with Crippen LogP contribution in [-0.2, 0) is 0 Å². The number of ether oxygens (including phenoxy) is 1. The van der Waals surface area contributed by atoms with Gasteiger partial charge in [-0.15, -0.1) is 0 Å². The molecule has 2 aromatic rings. The second-order valence-corrected chi connectivity index (χ2v) is 7.30. The third-order valence-corrected chi connectivity index (χ3v) is 4.56. The van der Waals surface area contributed by atoms with E-state index in [1.807, 2.05) is 43.3 Å². The van der Waals surface area contributed by atoms with Crippen molar-refractivity contribution < 1.29 is 9.53 Å². The first-order valence-electron chi connectivity index (χ1n) is 7.26. The van der Waals surface area contributed by atoms with Gasteiger partial charge in [-0.1, -0.05) is 49.7 Å². The summed E-state index contributed by atoms with van der Waals surface area (Å²) >= 11 is 6.15. The summed E-state index contributed by atoms with van der Waals surface area (Å²) in [7, 11) is 0.0633. The van der Waals surface area contributed by atoms with Crippen molar-refractivity contribution >= 4 is 49.9 Å². The molecule has 0 amide bonds. The molecule has 2 nitrogen and oxygen atoms in total. The molecule has 118 valence electrons. The van der Waals surface area contributed by atoms with Gasteiger partial charge in [0.05, 0.1) is 11.6 Å². The average molecular weight is 343 g/mol. The van der Waals surface area contributed by atoms with Gasteiger partial charge < -0.3 is 4.74 Å². The maximum absolute atomic E-state index is 12.5. The quantitative estimate of drug-likeness (QED) is 0.581. The van der Waals surface area contributed by atoms with E-state index in [-0.39, 0.29) is 33.0 Å². The van der Waals surface area contributed by atoms with E-state index in [9.17, 15) is 4.79 Å².